The highest BCUT2D eigenvalue weighted by molar-refractivity contribution is 5.94. The van der Waals surface area contributed by atoms with Crippen molar-refractivity contribution in [2.75, 3.05) is 11.9 Å². The predicted molar refractivity (Wildman–Crippen MR) is 110 cm³/mol. The van der Waals surface area contributed by atoms with Gasteiger partial charge in [0.25, 0.3) is 0 Å². The predicted octanol–water partition coefficient (Wildman–Crippen LogP) is 5.60. The van der Waals surface area contributed by atoms with Gasteiger partial charge in [0.2, 0.25) is 0 Å². The first-order chi connectivity index (χ1) is 14.5. The van der Waals surface area contributed by atoms with Gasteiger partial charge in [0.15, 0.2) is 11.6 Å². The van der Waals surface area contributed by atoms with Crippen molar-refractivity contribution in [1.29, 1.82) is 0 Å². The molecule has 6 nitrogen and oxygen atoms in total. The van der Waals surface area contributed by atoms with Gasteiger partial charge in [0.1, 0.15) is 11.3 Å². The summed E-state index contributed by atoms with van der Waals surface area (Å²) in [6.07, 6.45) is -4.46. The second kappa shape index (κ2) is 7.26. The zero-order valence-electron chi connectivity index (χ0n) is 16.9. The van der Waals surface area contributed by atoms with E-state index in [-0.39, 0.29) is 17.4 Å². The smallest absolute Gasteiger partial charge is 0.416 e. The number of furan rings is 1. The molecule has 0 saturated heterocycles. The van der Waals surface area contributed by atoms with E-state index in [0.29, 0.717) is 33.5 Å². The molecule has 0 amide bonds. The van der Waals surface area contributed by atoms with E-state index in [2.05, 4.69) is 9.97 Å². The molecule has 0 spiro atoms. The quantitative estimate of drug-likeness (QED) is 0.455. The molecule has 0 radical (unpaired) electrons. The van der Waals surface area contributed by atoms with Crippen molar-refractivity contribution in [2.24, 2.45) is 0 Å². The Kier molecular flexibility index (Phi) is 4.83. The molecular weight excluding hydrogens is 411 g/mol. The first kappa shape index (κ1) is 20.6. The first-order valence-electron chi connectivity index (χ1n) is 9.43. The Morgan fingerprint density at radius 2 is 1.81 bits per heavy atom. The van der Waals surface area contributed by atoms with Crippen LogP contribution in [0.4, 0.5) is 19.0 Å². The van der Waals surface area contributed by atoms with Crippen molar-refractivity contribution in [3.63, 3.8) is 0 Å². The number of aromatic nitrogens is 2. The topological polar surface area (TPSA) is 79.5 Å². The van der Waals surface area contributed by atoms with E-state index < -0.39 is 17.7 Å². The van der Waals surface area contributed by atoms with Crippen LogP contribution < -0.4 is 4.90 Å². The number of carbonyl (C=O) groups is 1. The monoisotopic (exact) mass is 429 g/mol. The number of alkyl halides is 3. The van der Waals surface area contributed by atoms with Crippen molar-refractivity contribution in [3.8, 4) is 11.5 Å². The summed E-state index contributed by atoms with van der Waals surface area (Å²) in [5, 5.41) is 9.55. The third-order valence-electron chi connectivity index (χ3n) is 5.08. The van der Waals surface area contributed by atoms with Crippen molar-refractivity contribution in [3.05, 3.63) is 53.6 Å². The van der Waals surface area contributed by atoms with Gasteiger partial charge in [-0.25, -0.2) is 14.8 Å². The lowest BCUT2D eigenvalue weighted by Gasteiger charge is -2.24. The average Bonchev–Trinajstić information content (AvgIpc) is 3.14. The van der Waals surface area contributed by atoms with E-state index in [0.717, 1.165) is 12.1 Å². The number of hydrogen-bond donors (Lipinski definition) is 1. The van der Waals surface area contributed by atoms with Crippen LogP contribution in [0.15, 0.2) is 46.9 Å². The molecule has 31 heavy (non-hydrogen) atoms. The molecule has 0 aliphatic heterocycles. The lowest BCUT2D eigenvalue weighted by molar-refractivity contribution is -0.137. The third-order valence-corrected chi connectivity index (χ3v) is 5.08. The minimum absolute atomic E-state index is 0.0226. The summed E-state index contributed by atoms with van der Waals surface area (Å²) in [6.45, 7) is 3.88. The fraction of sp³-hybridized carbons (Fsp3) is 0.227. The van der Waals surface area contributed by atoms with Gasteiger partial charge in [-0.3, -0.25) is 0 Å². The van der Waals surface area contributed by atoms with Crippen LogP contribution in [-0.4, -0.2) is 34.1 Å². The number of anilines is 1. The summed E-state index contributed by atoms with van der Waals surface area (Å²) in [4.78, 5) is 22.3. The van der Waals surface area contributed by atoms with Gasteiger partial charge in [0.05, 0.1) is 22.2 Å². The maximum absolute atomic E-state index is 13.1. The highest BCUT2D eigenvalue weighted by atomic mass is 19.4. The number of carboxylic acids is 1. The van der Waals surface area contributed by atoms with Crippen molar-refractivity contribution in [2.45, 2.75) is 26.1 Å². The first-order valence-corrected chi connectivity index (χ1v) is 9.43. The largest absolute Gasteiger partial charge is 0.478 e. The number of carboxylic acid groups (broad SMARTS) is 1. The minimum Gasteiger partial charge on any atom is -0.478 e. The van der Waals surface area contributed by atoms with Crippen LogP contribution in [-0.2, 0) is 6.18 Å². The molecule has 0 saturated carbocycles. The van der Waals surface area contributed by atoms with E-state index in [1.165, 1.54) is 24.3 Å². The highest BCUT2D eigenvalue weighted by Crippen LogP contribution is 2.37. The Bertz CT molecular complexity index is 1310. The van der Waals surface area contributed by atoms with Gasteiger partial charge in [-0.2, -0.15) is 13.2 Å². The van der Waals surface area contributed by atoms with Crippen molar-refractivity contribution in [1.82, 2.24) is 9.97 Å². The molecule has 0 bridgehead atoms. The number of nitrogens with zero attached hydrogens (tertiary/aromatic N) is 3. The highest BCUT2D eigenvalue weighted by Gasteiger charge is 2.31. The molecule has 0 atom stereocenters. The standard InChI is InChI=1S/C22H18F3N3O3/c1-11(2)28(3)20-19(26-15-6-4-12(21(29)30)9-16(15)27-20)18-10-13-8-14(22(23,24)25)5-7-17(13)31-18/h4-11H,1-3H3,(H,29,30). The summed E-state index contributed by atoms with van der Waals surface area (Å²) in [5.41, 5.74) is 0.800. The Morgan fingerprint density at radius 3 is 2.45 bits per heavy atom. The van der Waals surface area contributed by atoms with E-state index in [1.807, 2.05) is 18.7 Å². The Morgan fingerprint density at radius 1 is 1.06 bits per heavy atom. The fourth-order valence-electron chi connectivity index (χ4n) is 3.17. The number of benzene rings is 2. The van der Waals surface area contributed by atoms with Gasteiger partial charge in [-0.1, -0.05) is 0 Å². The van der Waals surface area contributed by atoms with Gasteiger partial charge >= 0.3 is 12.1 Å². The molecule has 0 aliphatic carbocycles. The molecule has 0 fully saturated rings. The van der Waals surface area contributed by atoms with E-state index in [9.17, 15) is 23.1 Å². The molecular formula is C22H18F3N3O3. The number of hydrogen-bond acceptors (Lipinski definition) is 5. The summed E-state index contributed by atoms with van der Waals surface area (Å²) in [7, 11) is 1.80. The fourth-order valence-corrected chi connectivity index (χ4v) is 3.17. The summed E-state index contributed by atoms with van der Waals surface area (Å²) < 4.78 is 45.0. The van der Waals surface area contributed by atoms with Crippen LogP contribution in [0.3, 0.4) is 0 Å². The van der Waals surface area contributed by atoms with Crippen LogP contribution in [0.2, 0.25) is 0 Å². The lowest BCUT2D eigenvalue weighted by Crippen LogP contribution is -2.27. The molecule has 0 unspecified atom stereocenters. The van der Waals surface area contributed by atoms with E-state index in [1.54, 1.807) is 13.1 Å². The molecule has 160 valence electrons. The summed E-state index contributed by atoms with van der Waals surface area (Å²) in [6, 6.07) is 9.19. The minimum atomic E-state index is -4.46. The molecule has 4 aromatic rings. The maximum atomic E-state index is 13.1. The van der Waals surface area contributed by atoms with Crippen molar-refractivity contribution >= 4 is 33.8 Å². The van der Waals surface area contributed by atoms with Crippen LogP contribution in [0.25, 0.3) is 33.5 Å². The molecule has 1 N–H and O–H groups in total. The van der Waals surface area contributed by atoms with Gasteiger partial charge in [-0.05, 0) is 56.3 Å². The number of aromatic carboxylic acids is 1. The van der Waals surface area contributed by atoms with Gasteiger partial charge < -0.3 is 14.4 Å². The molecule has 4 rings (SSSR count). The average molecular weight is 429 g/mol. The zero-order valence-corrected chi connectivity index (χ0v) is 16.9. The second-order valence-electron chi connectivity index (χ2n) is 7.47. The maximum Gasteiger partial charge on any atom is 0.416 e. The molecule has 2 aromatic carbocycles. The number of rotatable bonds is 4. The Hall–Kier alpha value is -3.62. The third kappa shape index (κ3) is 3.78. The van der Waals surface area contributed by atoms with Crippen molar-refractivity contribution < 1.29 is 27.5 Å². The van der Waals surface area contributed by atoms with Crippen LogP contribution in [0.5, 0.6) is 0 Å². The van der Waals surface area contributed by atoms with E-state index >= 15 is 0 Å². The normalized spacial score (nSPS) is 12.1. The number of fused-ring (bicyclic) bond motifs is 2. The summed E-state index contributed by atoms with van der Waals surface area (Å²) in [5.74, 6) is -0.377. The Labute approximate surface area is 174 Å². The molecule has 0 aliphatic rings. The molecule has 2 aromatic heterocycles. The lowest BCUT2D eigenvalue weighted by atomic mass is 10.1. The summed E-state index contributed by atoms with van der Waals surface area (Å²) >= 11 is 0. The van der Waals surface area contributed by atoms with Gasteiger partial charge in [-0.15, -0.1) is 0 Å². The SMILES string of the molecule is CC(C)N(C)c1nc2cc(C(=O)O)ccc2nc1-c1cc2cc(C(F)(F)F)ccc2o1. The molecule has 2 heterocycles. The van der Waals surface area contributed by atoms with Crippen LogP contribution in [0.1, 0.15) is 29.8 Å². The second-order valence-corrected chi connectivity index (χ2v) is 7.47. The van der Waals surface area contributed by atoms with Gasteiger partial charge in [0, 0.05) is 18.5 Å². The van der Waals surface area contributed by atoms with Crippen LogP contribution in [0, 0.1) is 0 Å². The number of halogens is 3. The van der Waals surface area contributed by atoms with E-state index in [4.69, 9.17) is 4.42 Å². The zero-order chi connectivity index (χ0) is 22.5. The molecule has 9 heteroatoms. The Balaban J connectivity index is 1.93. The van der Waals surface area contributed by atoms with Crippen LogP contribution >= 0.6 is 0 Å².